The molecule has 1 aromatic heterocycles. The van der Waals surface area contributed by atoms with Crippen molar-refractivity contribution in [2.24, 2.45) is 0 Å². The zero-order valence-electron chi connectivity index (χ0n) is 16.6. The summed E-state index contributed by atoms with van der Waals surface area (Å²) in [5.74, 6) is -0.700. The Morgan fingerprint density at radius 2 is 2.07 bits per heavy atom. The van der Waals surface area contributed by atoms with Crippen LogP contribution in [0, 0.1) is 0 Å². The maximum Gasteiger partial charge on any atom is 0.264 e. The van der Waals surface area contributed by atoms with Crippen molar-refractivity contribution in [2.75, 3.05) is 25.0 Å². The third kappa shape index (κ3) is 5.33. The third-order valence-corrected chi connectivity index (χ3v) is 6.30. The fraction of sp³-hybridized carbons (Fsp3) is 0.381. The van der Waals surface area contributed by atoms with Crippen LogP contribution in [-0.4, -0.2) is 53.2 Å². The van der Waals surface area contributed by atoms with Gasteiger partial charge in [-0.1, -0.05) is 36.2 Å². The maximum atomic E-state index is 13.2. The van der Waals surface area contributed by atoms with Gasteiger partial charge < -0.3 is 15.1 Å². The molecule has 1 fully saturated rings. The van der Waals surface area contributed by atoms with Crippen molar-refractivity contribution in [3.05, 3.63) is 50.6 Å². The predicted molar refractivity (Wildman–Crippen MR) is 120 cm³/mol. The second-order valence-electron chi connectivity index (χ2n) is 7.07. The molecule has 1 aliphatic heterocycles. The molecule has 1 aromatic carbocycles. The average molecular weight is 468 g/mol. The number of rotatable bonds is 7. The Balaban J connectivity index is 1.70. The minimum atomic E-state index is -0.547. The van der Waals surface area contributed by atoms with Gasteiger partial charge in [-0.25, -0.2) is 0 Å². The molecule has 1 aliphatic rings. The van der Waals surface area contributed by atoms with Crippen molar-refractivity contribution in [1.82, 2.24) is 9.80 Å². The number of carbonyl (C=O) groups excluding carboxylic acids is 3. The van der Waals surface area contributed by atoms with Gasteiger partial charge in [-0.3, -0.25) is 14.4 Å². The van der Waals surface area contributed by atoms with Crippen LogP contribution >= 0.6 is 34.5 Å². The van der Waals surface area contributed by atoms with Crippen LogP contribution in [0.4, 0.5) is 5.69 Å². The van der Waals surface area contributed by atoms with Gasteiger partial charge in [-0.15, -0.1) is 11.3 Å². The molecule has 3 amide bonds. The fourth-order valence-electron chi connectivity index (χ4n) is 3.51. The summed E-state index contributed by atoms with van der Waals surface area (Å²) in [5, 5.41) is 5.37. The lowest BCUT2D eigenvalue weighted by Gasteiger charge is -2.29. The monoisotopic (exact) mass is 467 g/mol. The van der Waals surface area contributed by atoms with Crippen LogP contribution in [0.5, 0.6) is 0 Å². The number of nitrogens with one attached hydrogen (secondary N) is 1. The van der Waals surface area contributed by atoms with Gasteiger partial charge in [-0.2, -0.15) is 0 Å². The molecule has 1 unspecified atom stereocenters. The minimum absolute atomic E-state index is 0.118. The number of hydrogen-bond donors (Lipinski definition) is 1. The largest absolute Gasteiger partial charge is 0.332 e. The van der Waals surface area contributed by atoms with Gasteiger partial charge in [0.2, 0.25) is 11.8 Å². The zero-order valence-corrected chi connectivity index (χ0v) is 18.9. The van der Waals surface area contributed by atoms with Gasteiger partial charge in [0.15, 0.2) is 0 Å². The van der Waals surface area contributed by atoms with E-state index in [2.05, 4.69) is 5.32 Å². The molecule has 2 aromatic rings. The Bertz CT molecular complexity index is 920. The summed E-state index contributed by atoms with van der Waals surface area (Å²) in [5.41, 5.74) is 0.397. The molecular formula is C21H23Cl2N3O3S. The van der Waals surface area contributed by atoms with Crippen LogP contribution in [-0.2, 0) is 9.59 Å². The number of amides is 3. The van der Waals surface area contributed by atoms with Crippen molar-refractivity contribution in [1.29, 1.82) is 0 Å². The quantitative estimate of drug-likeness (QED) is 0.649. The van der Waals surface area contributed by atoms with Crippen molar-refractivity contribution < 1.29 is 14.4 Å². The number of thiophene rings is 1. The molecule has 1 saturated heterocycles. The Kier molecular flexibility index (Phi) is 7.75. The number of halogens is 2. The van der Waals surface area contributed by atoms with E-state index in [0.29, 0.717) is 46.5 Å². The lowest BCUT2D eigenvalue weighted by atomic mass is 10.1. The number of anilines is 1. The van der Waals surface area contributed by atoms with Crippen molar-refractivity contribution in [3.8, 4) is 0 Å². The lowest BCUT2D eigenvalue weighted by molar-refractivity contribution is -0.138. The maximum absolute atomic E-state index is 13.2. The summed E-state index contributed by atoms with van der Waals surface area (Å²) < 4.78 is 0. The van der Waals surface area contributed by atoms with Gasteiger partial charge in [0.1, 0.15) is 6.04 Å². The van der Waals surface area contributed by atoms with Crippen molar-refractivity contribution in [2.45, 2.75) is 32.2 Å². The molecule has 160 valence electrons. The summed E-state index contributed by atoms with van der Waals surface area (Å²) in [7, 11) is 0. The second-order valence-corrected chi connectivity index (χ2v) is 8.86. The molecule has 0 spiro atoms. The Labute approximate surface area is 189 Å². The molecule has 9 heteroatoms. The highest BCUT2D eigenvalue weighted by molar-refractivity contribution is 7.12. The zero-order chi connectivity index (χ0) is 21.7. The highest BCUT2D eigenvalue weighted by Crippen LogP contribution is 2.26. The van der Waals surface area contributed by atoms with Gasteiger partial charge >= 0.3 is 0 Å². The summed E-state index contributed by atoms with van der Waals surface area (Å²) in [6.07, 6.45) is 2.05. The molecule has 3 rings (SSSR count). The van der Waals surface area contributed by atoms with E-state index in [1.54, 1.807) is 29.2 Å². The first-order valence-electron chi connectivity index (χ1n) is 9.79. The van der Waals surface area contributed by atoms with E-state index in [9.17, 15) is 14.4 Å². The van der Waals surface area contributed by atoms with Crippen LogP contribution in [0.3, 0.4) is 0 Å². The van der Waals surface area contributed by atoms with Crippen LogP contribution in [0.25, 0.3) is 0 Å². The Hall–Kier alpha value is -2.09. The van der Waals surface area contributed by atoms with Crippen LogP contribution in [0.2, 0.25) is 10.0 Å². The van der Waals surface area contributed by atoms with Gasteiger partial charge in [0.25, 0.3) is 5.91 Å². The van der Waals surface area contributed by atoms with E-state index in [4.69, 9.17) is 23.2 Å². The van der Waals surface area contributed by atoms with E-state index >= 15 is 0 Å². The van der Waals surface area contributed by atoms with Crippen molar-refractivity contribution in [3.63, 3.8) is 0 Å². The van der Waals surface area contributed by atoms with Crippen LogP contribution < -0.4 is 5.32 Å². The van der Waals surface area contributed by atoms with E-state index in [-0.39, 0.29) is 24.3 Å². The number of benzene rings is 1. The molecule has 6 nitrogen and oxygen atoms in total. The smallest absolute Gasteiger partial charge is 0.264 e. The van der Waals surface area contributed by atoms with E-state index < -0.39 is 6.04 Å². The van der Waals surface area contributed by atoms with E-state index in [1.165, 1.54) is 16.2 Å². The highest BCUT2D eigenvalue weighted by Gasteiger charge is 2.37. The van der Waals surface area contributed by atoms with E-state index in [0.717, 1.165) is 6.42 Å². The SMILES string of the molecule is CCCN(CC(=O)Nc1cc(Cl)ccc1Cl)C(=O)C1CCCN1C(=O)c1cccs1. The number of likely N-dealkylation sites (tertiary alicyclic amines) is 1. The summed E-state index contributed by atoms with van der Waals surface area (Å²) in [6.45, 7) is 2.78. The van der Waals surface area contributed by atoms with Gasteiger partial charge in [-0.05, 0) is 48.9 Å². The van der Waals surface area contributed by atoms with Gasteiger partial charge in [0, 0.05) is 18.1 Å². The molecule has 0 radical (unpaired) electrons. The molecule has 0 aliphatic carbocycles. The first-order chi connectivity index (χ1) is 14.4. The highest BCUT2D eigenvalue weighted by atomic mass is 35.5. The predicted octanol–water partition coefficient (Wildman–Crippen LogP) is 4.54. The van der Waals surface area contributed by atoms with Crippen LogP contribution in [0.15, 0.2) is 35.7 Å². The molecule has 30 heavy (non-hydrogen) atoms. The third-order valence-electron chi connectivity index (χ3n) is 4.87. The van der Waals surface area contributed by atoms with Crippen molar-refractivity contribution >= 4 is 57.9 Å². The normalized spacial score (nSPS) is 15.8. The summed E-state index contributed by atoms with van der Waals surface area (Å²) >= 11 is 13.4. The topological polar surface area (TPSA) is 69.7 Å². The molecule has 2 heterocycles. The minimum Gasteiger partial charge on any atom is -0.332 e. The molecule has 0 saturated carbocycles. The lowest BCUT2D eigenvalue weighted by Crippen LogP contribution is -2.49. The molecule has 1 N–H and O–H groups in total. The number of carbonyl (C=O) groups is 3. The second kappa shape index (κ2) is 10.3. The Morgan fingerprint density at radius 3 is 2.77 bits per heavy atom. The molecule has 0 bridgehead atoms. The first kappa shape index (κ1) is 22.6. The summed E-state index contributed by atoms with van der Waals surface area (Å²) in [6, 6.07) is 7.82. The summed E-state index contributed by atoms with van der Waals surface area (Å²) in [4.78, 5) is 42.4. The Morgan fingerprint density at radius 1 is 1.27 bits per heavy atom. The van der Waals surface area contributed by atoms with Gasteiger partial charge in [0.05, 0.1) is 22.1 Å². The fourth-order valence-corrected chi connectivity index (χ4v) is 4.53. The van der Waals surface area contributed by atoms with Crippen LogP contribution in [0.1, 0.15) is 35.9 Å². The first-order valence-corrected chi connectivity index (χ1v) is 11.4. The molecular weight excluding hydrogens is 445 g/mol. The number of hydrogen-bond acceptors (Lipinski definition) is 4. The average Bonchev–Trinajstić information content (AvgIpc) is 3.41. The number of nitrogens with zero attached hydrogens (tertiary/aromatic N) is 2. The standard InChI is InChI=1S/C21H23Cl2N3O3S/c1-2-9-25(13-19(27)24-16-12-14(22)7-8-15(16)23)20(28)17-5-3-10-26(17)21(29)18-6-4-11-30-18/h4,6-8,11-12,17H,2-3,5,9-10,13H2,1H3,(H,24,27). The van der Waals surface area contributed by atoms with E-state index in [1.807, 2.05) is 18.4 Å². The molecule has 1 atom stereocenters.